The van der Waals surface area contributed by atoms with Gasteiger partial charge >= 0.3 is 5.97 Å². The van der Waals surface area contributed by atoms with E-state index in [4.69, 9.17) is 4.74 Å². The molecule has 0 spiro atoms. The smallest absolute Gasteiger partial charge is 0.311 e. The number of nitrogens with one attached hydrogen (secondary N) is 1. The molecule has 0 unspecified atom stereocenters. The number of carbonyl (C=O) groups is 1. The molecule has 0 amide bonds. The number of benzene rings is 1. The molecule has 1 N–H and O–H groups in total. The molecule has 142 valence electrons. The minimum atomic E-state index is -3.59. The highest BCUT2D eigenvalue weighted by atomic mass is 32.2. The second-order valence-electron chi connectivity index (χ2n) is 7.32. The molecule has 1 aliphatic carbocycles. The fourth-order valence-corrected chi connectivity index (χ4v) is 4.94. The van der Waals surface area contributed by atoms with Gasteiger partial charge in [-0.05, 0) is 63.8 Å². The summed E-state index contributed by atoms with van der Waals surface area (Å²) in [5.41, 5.74) is 0.479. The van der Waals surface area contributed by atoms with Crippen LogP contribution in [0.1, 0.15) is 39.5 Å². The van der Waals surface area contributed by atoms with E-state index in [1.807, 2.05) is 36.9 Å². The van der Waals surface area contributed by atoms with Crippen LogP contribution in [0.4, 0.5) is 0 Å². The van der Waals surface area contributed by atoms with Crippen LogP contribution in [0.3, 0.4) is 0 Å². The van der Waals surface area contributed by atoms with E-state index in [0.717, 1.165) is 10.9 Å². The van der Waals surface area contributed by atoms with Crippen LogP contribution >= 0.6 is 0 Å². The van der Waals surface area contributed by atoms with Gasteiger partial charge in [-0.25, -0.2) is 13.1 Å². The zero-order valence-electron chi connectivity index (χ0n) is 15.5. The van der Waals surface area contributed by atoms with E-state index in [2.05, 4.69) is 4.72 Å². The molecule has 7 heteroatoms. The Labute approximate surface area is 154 Å². The summed E-state index contributed by atoms with van der Waals surface area (Å²) in [7, 11) is -1.66. The Morgan fingerprint density at radius 2 is 2.00 bits per heavy atom. The third kappa shape index (κ3) is 3.64. The third-order valence-electron chi connectivity index (χ3n) is 5.35. The van der Waals surface area contributed by atoms with Crippen molar-refractivity contribution in [2.75, 3.05) is 6.61 Å². The first-order valence-electron chi connectivity index (χ1n) is 9.00. The topological polar surface area (TPSA) is 77.4 Å². The normalized spacial score (nSPS) is 23.9. The molecule has 0 bridgehead atoms. The molecule has 1 aromatic carbocycles. The molecule has 2 aromatic rings. The van der Waals surface area contributed by atoms with Crippen LogP contribution in [-0.4, -0.2) is 31.6 Å². The number of fused-ring (bicyclic) bond motifs is 1. The quantitative estimate of drug-likeness (QED) is 0.812. The lowest BCUT2D eigenvalue weighted by Crippen LogP contribution is -2.42. The summed E-state index contributed by atoms with van der Waals surface area (Å²) >= 11 is 0. The largest absolute Gasteiger partial charge is 0.466 e. The molecule has 3 rings (SSSR count). The molecule has 0 aliphatic heterocycles. The van der Waals surface area contributed by atoms with Crippen LogP contribution in [0.2, 0.25) is 0 Å². The maximum atomic E-state index is 12.7. The van der Waals surface area contributed by atoms with E-state index in [-0.39, 0.29) is 16.9 Å². The second kappa shape index (κ2) is 7.04. The van der Waals surface area contributed by atoms with Crippen LogP contribution in [0.25, 0.3) is 10.9 Å². The first-order chi connectivity index (χ1) is 12.2. The van der Waals surface area contributed by atoms with Gasteiger partial charge in [0.1, 0.15) is 0 Å². The van der Waals surface area contributed by atoms with Crippen molar-refractivity contribution >= 4 is 26.9 Å². The van der Waals surface area contributed by atoms with Gasteiger partial charge in [0.05, 0.1) is 16.9 Å². The lowest BCUT2D eigenvalue weighted by Gasteiger charge is -2.35. The Kier molecular flexibility index (Phi) is 5.12. The highest BCUT2D eigenvalue weighted by Gasteiger charge is 2.39. The third-order valence-corrected chi connectivity index (χ3v) is 6.86. The number of ether oxygens (including phenoxy) is 1. The molecule has 6 nitrogen and oxygen atoms in total. The van der Waals surface area contributed by atoms with Gasteiger partial charge in [0.25, 0.3) is 0 Å². The summed E-state index contributed by atoms with van der Waals surface area (Å²) in [6.45, 7) is 4.07. The van der Waals surface area contributed by atoms with Crippen LogP contribution in [0.15, 0.2) is 35.4 Å². The SMILES string of the molecule is CCOC(=O)C1(C)CCC(NS(=O)(=O)c2ccc3c(ccn3C)c2)CC1. The first kappa shape index (κ1) is 18.9. The number of hydrogen-bond acceptors (Lipinski definition) is 4. The summed E-state index contributed by atoms with van der Waals surface area (Å²) in [6, 6.07) is 6.90. The van der Waals surface area contributed by atoms with Crippen molar-refractivity contribution in [1.82, 2.24) is 9.29 Å². The monoisotopic (exact) mass is 378 g/mol. The van der Waals surface area contributed by atoms with Crippen LogP contribution in [0, 0.1) is 5.41 Å². The van der Waals surface area contributed by atoms with Gasteiger partial charge in [0.15, 0.2) is 0 Å². The van der Waals surface area contributed by atoms with Crippen molar-refractivity contribution in [3.63, 3.8) is 0 Å². The highest BCUT2D eigenvalue weighted by Crippen LogP contribution is 2.37. The van der Waals surface area contributed by atoms with Crippen LogP contribution in [-0.2, 0) is 26.6 Å². The average molecular weight is 378 g/mol. The predicted octanol–water partition coefficient (Wildman–Crippen LogP) is 2.97. The lowest BCUT2D eigenvalue weighted by molar-refractivity contribution is -0.156. The highest BCUT2D eigenvalue weighted by molar-refractivity contribution is 7.89. The number of aromatic nitrogens is 1. The van der Waals surface area contributed by atoms with Gasteiger partial charge in [-0.1, -0.05) is 0 Å². The number of hydrogen-bond donors (Lipinski definition) is 1. The molecule has 0 radical (unpaired) electrons. The fourth-order valence-electron chi connectivity index (χ4n) is 3.60. The molecule has 0 saturated heterocycles. The van der Waals surface area contributed by atoms with E-state index < -0.39 is 15.4 Å². The van der Waals surface area contributed by atoms with E-state index in [0.29, 0.717) is 32.3 Å². The summed E-state index contributed by atoms with van der Waals surface area (Å²) in [4.78, 5) is 12.4. The van der Waals surface area contributed by atoms with Gasteiger partial charge in [-0.15, -0.1) is 0 Å². The van der Waals surface area contributed by atoms with Gasteiger partial charge in [-0.2, -0.15) is 0 Å². The number of aryl methyl sites for hydroxylation is 1. The Bertz CT molecular complexity index is 909. The number of nitrogens with zero attached hydrogens (tertiary/aromatic N) is 1. The van der Waals surface area contributed by atoms with Crippen molar-refractivity contribution < 1.29 is 17.9 Å². The van der Waals surface area contributed by atoms with E-state index >= 15 is 0 Å². The minimum absolute atomic E-state index is 0.158. The number of esters is 1. The standard InChI is InChI=1S/C19H26N2O4S/c1-4-25-18(22)19(2)10-7-15(8-11-19)20-26(23,24)16-5-6-17-14(13-16)9-12-21(17)3/h5-6,9,12-13,15,20H,4,7-8,10-11H2,1-3H3. The van der Waals surface area contributed by atoms with Crippen molar-refractivity contribution in [1.29, 1.82) is 0 Å². The maximum Gasteiger partial charge on any atom is 0.311 e. The summed E-state index contributed by atoms with van der Waals surface area (Å²) in [5.74, 6) is -0.184. The Morgan fingerprint density at radius 1 is 1.31 bits per heavy atom. The minimum Gasteiger partial charge on any atom is -0.466 e. The number of rotatable bonds is 5. The Morgan fingerprint density at radius 3 is 2.65 bits per heavy atom. The van der Waals surface area contributed by atoms with E-state index in [1.54, 1.807) is 19.1 Å². The molecule has 1 heterocycles. The second-order valence-corrected chi connectivity index (χ2v) is 9.04. The average Bonchev–Trinajstić information content (AvgIpc) is 2.98. The maximum absolute atomic E-state index is 12.7. The fraction of sp³-hybridized carbons (Fsp3) is 0.526. The zero-order valence-corrected chi connectivity index (χ0v) is 16.3. The van der Waals surface area contributed by atoms with Gasteiger partial charge in [0, 0.05) is 30.2 Å². The molecular formula is C19H26N2O4S. The van der Waals surface area contributed by atoms with Crippen LogP contribution in [0.5, 0.6) is 0 Å². The van der Waals surface area contributed by atoms with Crippen molar-refractivity contribution in [2.24, 2.45) is 12.5 Å². The van der Waals surface area contributed by atoms with E-state index in [1.165, 1.54) is 0 Å². The van der Waals surface area contributed by atoms with Crippen molar-refractivity contribution in [3.8, 4) is 0 Å². The summed E-state index contributed by atoms with van der Waals surface area (Å²) in [5, 5.41) is 0.897. The molecule has 0 atom stereocenters. The molecule has 26 heavy (non-hydrogen) atoms. The number of sulfonamides is 1. The van der Waals surface area contributed by atoms with Crippen LogP contribution < -0.4 is 4.72 Å². The molecule has 1 fully saturated rings. The Balaban J connectivity index is 1.69. The summed E-state index contributed by atoms with van der Waals surface area (Å²) in [6.07, 6.45) is 4.41. The zero-order chi connectivity index (χ0) is 18.9. The molecule has 1 aromatic heterocycles. The van der Waals surface area contributed by atoms with Crippen molar-refractivity contribution in [3.05, 3.63) is 30.5 Å². The predicted molar refractivity (Wildman–Crippen MR) is 100 cm³/mol. The Hall–Kier alpha value is -1.86. The summed E-state index contributed by atoms with van der Waals surface area (Å²) < 4.78 is 35.4. The van der Waals surface area contributed by atoms with Gasteiger partial charge in [0.2, 0.25) is 10.0 Å². The molecular weight excluding hydrogens is 352 g/mol. The number of carbonyl (C=O) groups excluding carboxylic acids is 1. The van der Waals surface area contributed by atoms with Crippen molar-refractivity contribution in [2.45, 2.75) is 50.5 Å². The van der Waals surface area contributed by atoms with Gasteiger partial charge in [-0.3, -0.25) is 4.79 Å². The lowest BCUT2D eigenvalue weighted by atomic mass is 9.74. The van der Waals surface area contributed by atoms with E-state index in [9.17, 15) is 13.2 Å². The molecule has 1 aliphatic rings. The first-order valence-corrected chi connectivity index (χ1v) is 10.5. The van der Waals surface area contributed by atoms with Gasteiger partial charge < -0.3 is 9.30 Å². The molecule has 1 saturated carbocycles.